The van der Waals surface area contributed by atoms with Crippen molar-refractivity contribution < 1.29 is 22.5 Å². The van der Waals surface area contributed by atoms with Crippen LogP contribution in [-0.2, 0) is 4.74 Å². The molecule has 262 valence electrons. The van der Waals surface area contributed by atoms with Crippen molar-refractivity contribution in [2.75, 3.05) is 58.8 Å². The summed E-state index contributed by atoms with van der Waals surface area (Å²) in [7, 11) is 2.13. The Morgan fingerprint density at radius 3 is 1.43 bits per heavy atom. The van der Waals surface area contributed by atoms with E-state index in [9.17, 15) is 0 Å². The number of rotatable bonds is 23. The molecule has 4 atom stereocenters. The van der Waals surface area contributed by atoms with E-state index in [4.69, 9.17) is 22.1 Å². The average Bonchev–Trinajstić information content (AvgIpc) is 3.86. The molecule has 42 heavy (non-hydrogen) atoms. The molecule has 0 saturated carbocycles. The fourth-order valence-corrected chi connectivity index (χ4v) is 3.47. The molecule has 6 N–H and O–H groups in total. The molecule has 4 unspecified atom stereocenters. The number of hydrogen-bond acceptors (Lipinski definition) is 4. The maximum Gasteiger partial charge on any atom is 0.0944 e. The lowest BCUT2D eigenvalue weighted by Gasteiger charge is -2.09. The zero-order chi connectivity index (χ0) is 32.0. The van der Waals surface area contributed by atoms with Gasteiger partial charge < -0.3 is 38.8 Å². The van der Waals surface area contributed by atoms with E-state index >= 15 is 0 Å². The zero-order valence-corrected chi connectivity index (χ0v) is 32.0. The number of epoxide rings is 1. The molecular formula is C35H82Cl2N4O. The van der Waals surface area contributed by atoms with Crippen LogP contribution in [0.25, 0.3) is 0 Å². The van der Waals surface area contributed by atoms with Crippen molar-refractivity contribution in [1.29, 1.82) is 0 Å². The molecule has 5 nitrogen and oxygen atoms in total. The highest BCUT2D eigenvalue weighted by Gasteiger charge is 2.19. The summed E-state index contributed by atoms with van der Waals surface area (Å²) in [6, 6.07) is 0. The largest absolute Gasteiger partial charge is 1.00 e. The van der Waals surface area contributed by atoms with Gasteiger partial charge in [0.15, 0.2) is 0 Å². The smallest absolute Gasteiger partial charge is 0.0944 e. The second-order valence-electron chi connectivity index (χ2n) is 11.7. The van der Waals surface area contributed by atoms with Crippen LogP contribution in [0.3, 0.4) is 0 Å². The molecule has 0 aromatic carbocycles. The summed E-state index contributed by atoms with van der Waals surface area (Å²) in [4.78, 5) is 0. The first-order valence-corrected chi connectivity index (χ1v) is 18.5. The lowest BCUT2D eigenvalue weighted by atomic mass is 10.1. The second kappa shape index (κ2) is 48.3. The van der Waals surface area contributed by atoms with Gasteiger partial charge in [-0.25, -0.2) is 0 Å². The van der Waals surface area contributed by atoms with Gasteiger partial charge in [0.25, 0.3) is 0 Å². The molecule has 1 aliphatic rings. The molecule has 0 aromatic rings. The molecule has 0 aliphatic carbocycles. The van der Waals surface area contributed by atoms with E-state index in [1.165, 1.54) is 116 Å². The van der Waals surface area contributed by atoms with Crippen LogP contribution in [0.2, 0.25) is 0 Å². The molecule has 0 amide bonds. The van der Waals surface area contributed by atoms with Crippen molar-refractivity contribution in [3.05, 3.63) is 0 Å². The van der Waals surface area contributed by atoms with Gasteiger partial charge in [-0.3, -0.25) is 0 Å². The Balaban J connectivity index is -0.000000153. The highest BCUT2D eigenvalue weighted by atomic mass is 35.5. The average molecular weight is 646 g/mol. The van der Waals surface area contributed by atoms with Crippen molar-refractivity contribution >= 4 is 11.6 Å². The van der Waals surface area contributed by atoms with E-state index in [-0.39, 0.29) is 12.4 Å². The van der Waals surface area contributed by atoms with Crippen molar-refractivity contribution in [2.24, 2.45) is 23.5 Å². The molecule has 1 aliphatic heterocycles. The summed E-state index contributed by atoms with van der Waals surface area (Å²) >= 11 is 5.27. The van der Waals surface area contributed by atoms with Crippen LogP contribution >= 0.6 is 11.6 Å². The maximum absolute atomic E-state index is 5.28. The van der Waals surface area contributed by atoms with Crippen LogP contribution in [0, 0.1) is 17.8 Å². The number of unbranched alkanes of at least 4 members (excludes halogenated alkanes) is 8. The molecule has 0 radical (unpaired) electrons. The third-order valence-electron chi connectivity index (χ3n) is 7.36. The fraction of sp³-hybridized carbons (Fsp3) is 1.00. The Morgan fingerprint density at radius 2 is 1.14 bits per heavy atom. The third-order valence-corrected chi connectivity index (χ3v) is 7.70. The van der Waals surface area contributed by atoms with Crippen molar-refractivity contribution in [1.82, 2.24) is 10.6 Å². The maximum atomic E-state index is 5.28. The lowest BCUT2D eigenvalue weighted by molar-refractivity contribution is -0.627. The quantitative estimate of drug-likeness (QED) is 0.0717. The van der Waals surface area contributed by atoms with E-state index in [1.54, 1.807) is 0 Å². The third kappa shape index (κ3) is 56.2. The topological polar surface area (TPSA) is 79.2 Å². The van der Waals surface area contributed by atoms with E-state index < -0.39 is 0 Å². The van der Waals surface area contributed by atoms with Crippen LogP contribution in [-0.4, -0.2) is 64.9 Å². The summed E-state index contributed by atoms with van der Waals surface area (Å²) < 4.78 is 4.73. The second-order valence-corrected chi connectivity index (χ2v) is 12.0. The van der Waals surface area contributed by atoms with Gasteiger partial charge in [0.1, 0.15) is 0 Å². The number of nitrogens with one attached hydrogen (secondary N) is 2. The van der Waals surface area contributed by atoms with Gasteiger partial charge in [0.2, 0.25) is 0 Å². The van der Waals surface area contributed by atoms with E-state index in [1.807, 2.05) is 13.8 Å². The van der Waals surface area contributed by atoms with E-state index in [0.29, 0.717) is 17.9 Å². The van der Waals surface area contributed by atoms with Gasteiger partial charge in [0, 0.05) is 0 Å². The minimum atomic E-state index is 0. The number of hydrogen-bond donors (Lipinski definition) is 4. The van der Waals surface area contributed by atoms with Gasteiger partial charge in [-0.15, -0.1) is 11.6 Å². The van der Waals surface area contributed by atoms with E-state index in [0.717, 1.165) is 25.0 Å². The zero-order valence-electron chi connectivity index (χ0n) is 30.5. The Labute approximate surface area is 278 Å². The van der Waals surface area contributed by atoms with Gasteiger partial charge in [0.05, 0.1) is 32.2 Å². The Hall–Kier alpha value is 0.380. The normalized spacial score (nSPS) is 15.0. The molecule has 1 saturated heterocycles. The van der Waals surface area contributed by atoms with Crippen molar-refractivity contribution in [3.8, 4) is 0 Å². The van der Waals surface area contributed by atoms with Gasteiger partial charge in [-0.2, -0.15) is 0 Å². The van der Waals surface area contributed by atoms with Gasteiger partial charge in [-0.1, -0.05) is 127 Å². The Kier molecular flexibility index (Phi) is 59.7. The Morgan fingerprint density at radius 1 is 0.738 bits per heavy atom. The van der Waals surface area contributed by atoms with Gasteiger partial charge in [-0.05, 0) is 69.7 Å². The van der Waals surface area contributed by atoms with Crippen LogP contribution in [0.15, 0.2) is 0 Å². The number of alkyl halides is 1. The summed E-state index contributed by atoms with van der Waals surface area (Å²) in [5, 5.41) is 9.27. The number of halogens is 2. The Bertz CT molecular complexity index is 414. The number of ether oxygens (including phenoxy) is 1. The predicted octanol–water partition coefficient (Wildman–Crippen LogP) is 5.00. The molecule has 1 rings (SSSR count). The molecule has 1 fully saturated rings. The summed E-state index contributed by atoms with van der Waals surface area (Å²) in [6.45, 7) is 27.5. The standard InChI is InChI=1S/C15H33N.C10H24N2.C5H13N.C3H5ClO.C2H6.ClH/c1-4-6-7-8-9-10-11-12-13-16-14-15(3)5-2;1-4-10(2)9-12-8-6-5-7-11-3;1-3-5(2)4-6;4-1-3-2-5-3;1-2;/h15-16H,4-14H2,1-3H3;10-12H,4-9H2,1-3H3;5H,3-4,6H2,1-2H3;3H,1-2H2;1-2H3;1H. The van der Waals surface area contributed by atoms with Crippen LogP contribution in [0.5, 0.6) is 0 Å². The summed E-state index contributed by atoms with van der Waals surface area (Å²) in [6.07, 6.45) is 18.2. The number of nitrogens with two attached hydrogens (primary N) is 2. The lowest BCUT2D eigenvalue weighted by Crippen LogP contribution is -3.00. The first-order chi connectivity index (χ1) is 19.9. The minimum absolute atomic E-state index is 0. The first kappa shape index (κ1) is 51.9. The summed E-state index contributed by atoms with van der Waals surface area (Å²) in [5.41, 5.74) is 5.28. The number of quaternary nitrogens is 1. The monoisotopic (exact) mass is 645 g/mol. The van der Waals surface area contributed by atoms with Crippen molar-refractivity contribution in [3.63, 3.8) is 0 Å². The SMILES string of the molecule is CC.CCC(C)CN.CCC(C)CNCCCC[NH2+]C.CCCCCCCCCCNCC(C)CC.ClCC1CO1.[Cl-]. The van der Waals surface area contributed by atoms with Crippen LogP contribution in [0.1, 0.15) is 146 Å². The molecule has 0 bridgehead atoms. The first-order valence-electron chi connectivity index (χ1n) is 17.9. The van der Waals surface area contributed by atoms with E-state index in [2.05, 4.69) is 71.5 Å². The molecular weight excluding hydrogens is 563 g/mol. The van der Waals surface area contributed by atoms with Gasteiger partial charge >= 0.3 is 0 Å². The van der Waals surface area contributed by atoms with Crippen LogP contribution in [0.4, 0.5) is 0 Å². The fourth-order valence-electron chi connectivity index (χ4n) is 3.29. The highest BCUT2D eigenvalue weighted by molar-refractivity contribution is 6.18. The predicted molar refractivity (Wildman–Crippen MR) is 190 cm³/mol. The highest BCUT2D eigenvalue weighted by Crippen LogP contribution is 2.09. The summed E-state index contributed by atoms with van der Waals surface area (Å²) in [5.74, 6) is 3.06. The van der Waals surface area contributed by atoms with Crippen molar-refractivity contribution in [2.45, 2.75) is 152 Å². The molecule has 1 heterocycles. The molecule has 7 heteroatoms. The minimum Gasteiger partial charge on any atom is -1.00 e. The van der Waals surface area contributed by atoms with Crippen LogP contribution < -0.4 is 34.1 Å². The molecule has 0 spiro atoms. The molecule has 0 aromatic heterocycles.